The van der Waals surface area contributed by atoms with Crippen LogP contribution in [0.5, 0.6) is 5.88 Å². The number of hydrogen-bond acceptors (Lipinski definition) is 5. The molecule has 10 heteroatoms. The molecule has 4 rings (SSSR count). The number of para-hydroxylation sites is 1. The molecule has 0 fully saturated rings. The lowest BCUT2D eigenvalue weighted by Gasteiger charge is -2.08. The molecule has 1 amide bonds. The summed E-state index contributed by atoms with van der Waals surface area (Å²) in [5, 5.41) is 12.5. The molecule has 0 bridgehead atoms. The van der Waals surface area contributed by atoms with Gasteiger partial charge >= 0.3 is 4.87 Å². The molecule has 0 spiro atoms. The predicted octanol–water partition coefficient (Wildman–Crippen LogP) is 4.32. The molecule has 0 saturated carbocycles. The van der Waals surface area contributed by atoms with Crippen molar-refractivity contribution < 1.29 is 23.1 Å². The minimum atomic E-state index is -1.73. The lowest BCUT2D eigenvalue weighted by atomic mass is 10.0. The maximum absolute atomic E-state index is 13.7. The molecule has 6 nitrogen and oxygen atoms in total. The fraction of sp³-hybridized carbons (Fsp3) is 0.0952. The van der Waals surface area contributed by atoms with Crippen LogP contribution in [-0.2, 0) is 11.3 Å². The minimum absolute atomic E-state index is 0.220. The zero-order valence-electron chi connectivity index (χ0n) is 15.9. The number of aromatic nitrogens is 1. The van der Waals surface area contributed by atoms with Gasteiger partial charge in [0.1, 0.15) is 6.54 Å². The van der Waals surface area contributed by atoms with Crippen molar-refractivity contribution in [2.75, 3.05) is 5.32 Å². The van der Waals surface area contributed by atoms with E-state index in [0.717, 1.165) is 38.8 Å². The number of fused-ring (bicyclic) bond motifs is 1. The second kappa shape index (κ2) is 7.88. The molecule has 1 aromatic heterocycles. The van der Waals surface area contributed by atoms with Gasteiger partial charge in [0.2, 0.25) is 11.8 Å². The van der Waals surface area contributed by atoms with E-state index in [1.54, 1.807) is 13.0 Å². The first-order valence-electron chi connectivity index (χ1n) is 8.99. The van der Waals surface area contributed by atoms with Crippen molar-refractivity contribution in [1.29, 1.82) is 0 Å². The smallest absolute Gasteiger partial charge is 0.311 e. The van der Waals surface area contributed by atoms with Gasteiger partial charge < -0.3 is 10.4 Å². The molecule has 1 aliphatic rings. The van der Waals surface area contributed by atoms with E-state index in [0.29, 0.717) is 11.8 Å². The second-order valence-electron chi connectivity index (χ2n) is 6.69. The molecule has 2 heterocycles. The number of amides is 1. The third kappa shape index (κ3) is 3.77. The normalized spacial score (nSPS) is 13.9. The average Bonchev–Trinajstić information content (AvgIpc) is 3.19. The Kier molecular flexibility index (Phi) is 5.24. The van der Waals surface area contributed by atoms with Gasteiger partial charge in [-0.2, -0.15) is 0 Å². The molecule has 0 saturated heterocycles. The van der Waals surface area contributed by atoms with Gasteiger partial charge in [-0.15, -0.1) is 0 Å². The molecule has 0 atom stereocenters. The Morgan fingerprint density at radius 1 is 1.19 bits per heavy atom. The van der Waals surface area contributed by atoms with E-state index >= 15 is 0 Å². The summed E-state index contributed by atoms with van der Waals surface area (Å²) in [6, 6.07) is 8.92. The number of benzene rings is 2. The van der Waals surface area contributed by atoms with Gasteiger partial charge in [0.25, 0.3) is 0 Å². The molecule has 158 valence electrons. The van der Waals surface area contributed by atoms with Crippen LogP contribution in [0.4, 0.5) is 24.5 Å². The highest BCUT2D eigenvalue weighted by Crippen LogP contribution is 2.37. The third-order valence-corrected chi connectivity index (χ3v) is 5.57. The van der Waals surface area contributed by atoms with Crippen LogP contribution in [0.25, 0.3) is 11.6 Å². The Hall–Kier alpha value is -3.66. The molecular formula is C21H14F3N3O3S. The van der Waals surface area contributed by atoms with Crippen LogP contribution in [0.3, 0.4) is 0 Å². The quantitative estimate of drug-likeness (QED) is 0.587. The minimum Gasteiger partial charge on any atom is -0.493 e. The largest absolute Gasteiger partial charge is 0.493 e. The van der Waals surface area contributed by atoms with Crippen molar-refractivity contribution in [3.05, 3.63) is 74.0 Å². The topological polar surface area (TPSA) is 83.7 Å². The van der Waals surface area contributed by atoms with Crippen LogP contribution in [-0.4, -0.2) is 21.3 Å². The molecule has 2 N–H and O–H groups in total. The van der Waals surface area contributed by atoms with E-state index in [-0.39, 0.29) is 4.88 Å². The van der Waals surface area contributed by atoms with Crippen LogP contribution in [0.2, 0.25) is 0 Å². The van der Waals surface area contributed by atoms with E-state index in [2.05, 4.69) is 10.3 Å². The predicted molar refractivity (Wildman–Crippen MR) is 112 cm³/mol. The Bertz CT molecular complexity index is 1340. The Morgan fingerprint density at radius 2 is 1.94 bits per heavy atom. The Labute approximate surface area is 177 Å². The van der Waals surface area contributed by atoms with Crippen LogP contribution >= 0.6 is 11.3 Å². The summed E-state index contributed by atoms with van der Waals surface area (Å²) in [5.41, 5.74) is 2.47. The fourth-order valence-corrected chi connectivity index (χ4v) is 3.98. The van der Waals surface area contributed by atoms with E-state index in [1.807, 2.05) is 24.3 Å². The summed E-state index contributed by atoms with van der Waals surface area (Å²) in [6.45, 7) is 1.15. The van der Waals surface area contributed by atoms with E-state index < -0.39 is 46.3 Å². The first-order valence-corrected chi connectivity index (χ1v) is 9.80. The van der Waals surface area contributed by atoms with Gasteiger partial charge in [-0.25, -0.2) is 13.2 Å². The van der Waals surface area contributed by atoms with Gasteiger partial charge in [-0.1, -0.05) is 29.5 Å². The van der Waals surface area contributed by atoms with Crippen molar-refractivity contribution in [2.24, 2.45) is 4.99 Å². The number of allylic oxidation sites excluding steroid dienone is 1. The second-order valence-corrected chi connectivity index (χ2v) is 7.68. The first kappa shape index (κ1) is 20.6. The molecular weight excluding hydrogens is 431 g/mol. The lowest BCUT2D eigenvalue weighted by molar-refractivity contribution is -0.116. The fourth-order valence-electron chi connectivity index (χ4n) is 3.15. The summed E-state index contributed by atoms with van der Waals surface area (Å²) < 4.78 is 40.9. The number of nitrogens with zero attached hydrogens (tertiary/aromatic N) is 2. The maximum atomic E-state index is 13.7. The summed E-state index contributed by atoms with van der Waals surface area (Å²) >= 11 is 0.723. The number of aromatic hydroxyl groups is 1. The van der Waals surface area contributed by atoms with E-state index in [1.165, 1.54) is 0 Å². The average molecular weight is 445 g/mol. The number of anilines is 1. The Morgan fingerprint density at radius 3 is 2.71 bits per heavy atom. The highest BCUT2D eigenvalue weighted by molar-refractivity contribution is 7.10. The number of thiazole rings is 1. The third-order valence-electron chi connectivity index (χ3n) is 4.65. The van der Waals surface area contributed by atoms with Crippen LogP contribution < -0.4 is 10.2 Å². The van der Waals surface area contributed by atoms with Crippen molar-refractivity contribution in [1.82, 2.24) is 4.57 Å². The number of nitrogens with one attached hydrogen (secondary N) is 1. The molecule has 1 aliphatic heterocycles. The van der Waals surface area contributed by atoms with Gasteiger partial charge in [0.15, 0.2) is 17.5 Å². The SMILES string of the molecule is CC1=Nc2ccccc2/C1=C/c1sc(=O)n(CC(=O)Nc2ccc(F)c(F)c2F)c1O. The van der Waals surface area contributed by atoms with Crippen LogP contribution in [0, 0.1) is 17.5 Å². The van der Waals surface area contributed by atoms with Crippen LogP contribution in [0.1, 0.15) is 17.4 Å². The molecule has 0 unspecified atom stereocenters. The number of rotatable bonds is 4. The maximum Gasteiger partial charge on any atom is 0.311 e. The van der Waals surface area contributed by atoms with E-state index in [4.69, 9.17) is 0 Å². The van der Waals surface area contributed by atoms with Gasteiger partial charge in [0.05, 0.1) is 16.3 Å². The van der Waals surface area contributed by atoms with Gasteiger partial charge in [-0.05, 0) is 31.2 Å². The summed E-state index contributed by atoms with van der Waals surface area (Å²) in [7, 11) is 0. The number of aliphatic imine (C=N–C) groups is 1. The van der Waals surface area contributed by atoms with Crippen LogP contribution in [0.15, 0.2) is 46.2 Å². The van der Waals surface area contributed by atoms with Gasteiger partial charge in [-0.3, -0.25) is 19.1 Å². The summed E-state index contributed by atoms with van der Waals surface area (Å²) in [6.07, 6.45) is 1.61. The number of hydrogen-bond donors (Lipinski definition) is 2. The molecule has 3 aromatic rings. The van der Waals surface area contributed by atoms with Crippen molar-refractivity contribution in [3.8, 4) is 5.88 Å². The molecule has 0 aliphatic carbocycles. The summed E-state index contributed by atoms with van der Waals surface area (Å²) in [5.74, 6) is -6.03. The highest BCUT2D eigenvalue weighted by Gasteiger charge is 2.21. The monoisotopic (exact) mass is 445 g/mol. The first-order chi connectivity index (χ1) is 14.8. The highest BCUT2D eigenvalue weighted by atomic mass is 32.1. The number of carbonyl (C=O) groups is 1. The lowest BCUT2D eigenvalue weighted by Crippen LogP contribution is -2.24. The zero-order valence-corrected chi connectivity index (χ0v) is 16.8. The number of halogens is 3. The molecule has 31 heavy (non-hydrogen) atoms. The van der Waals surface area contributed by atoms with Crippen molar-refractivity contribution >= 4 is 46.0 Å². The molecule has 2 aromatic carbocycles. The number of carbonyl (C=O) groups excluding carboxylic acids is 1. The Balaban J connectivity index is 1.60. The zero-order chi connectivity index (χ0) is 22.3. The summed E-state index contributed by atoms with van der Waals surface area (Å²) in [4.78, 5) is 28.6. The molecule has 0 radical (unpaired) electrons. The van der Waals surface area contributed by atoms with Crippen molar-refractivity contribution in [2.45, 2.75) is 13.5 Å². The van der Waals surface area contributed by atoms with Crippen molar-refractivity contribution in [3.63, 3.8) is 0 Å². The van der Waals surface area contributed by atoms with E-state index in [9.17, 15) is 27.9 Å². The standard InChI is InChI=1S/C21H14F3N3O3S/c1-10-12(11-4-2-3-5-14(11)25-10)8-16-20(29)27(21(30)31-16)9-17(28)26-15-7-6-13(22)18(23)19(15)24/h2-8,29H,9H2,1H3,(H,26,28)/b12-8+. The van der Waals surface area contributed by atoms with Gasteiger partial charge in [0, 0.05) is 16.8 Å².